The molecule has 2 N–H and O–H groups in total. The zero-order valence-corrected chi connectivity index (χ0v) is 16.6. The van der Waals surface area contributed by atoms with Crippen LogP contribution in [0.4, 0.5) is 4.39 Å². The number of methoxy groups -OCH3 is 1. The van der Waals surface area contributed by atoms with E-state index in [1.807, 2.05) is 12.1 Å². The molecule has 1 aliphatic rings. The number of benzene rings is 1. The third-order valence-corrected chi connectivity index (χ3v) is 4.98. The monoisotopic (exact) mass is 407 g/mol. The smallest absolute Gasteiger partial charge is 0.290 e. The largest absolute Gasteiger partial charge is 0.483 e. The highest BCUT2D eigenvalue weighted by molar-refractivity contribution is 5.92. The minimum absolute atomic E-state index is 0.175. The molecule has 1 amide bonds. The molecule has 1 saturated heterocycles. The van der Waals surface area contributed by atoms with E-state index < -0.39 is 5.60 Å². The highest BCUT2D eigenvalue weighted by Crippen LogP contribution is 2.26. The Hall–Kier alpha value is -2.78. The molecule has 0 unspecified atom stereocenters. The molecule has 158 valence electrons. The van der Waals surface area contributed by atoms with Crippen LogP contribution in [0.2, 0.25) is 0 Å². The number of nitrogens with one attached hydrogen (secondary N) is 1. The van der Waals surface area contributed by atoms with Crippen molar-refractivity contribution in [2.24, 2.45) is 0 Å². The van der Waals surface area contributed by atoms with Gasteiger partial charge < -0.3 is 19.7 Å². The van der Waals surface area contributed by atoms with E-state index in [-0.39, 0.29) is 23.9 Å². The minimum Gasteiger partial charge on any atom is -0.483 e. The van der Waals surface area contributed by atoms with Gasteiger partial charge in [-0.1, -0.05) is 23.4 Å². The maximum Gasteiger partial charge on any atom is 0.290 e. The second-order valence-electron chi connectivity index (χ2n) is 6.87. The highest BCUT2D eigenvalue weighted by Gasteiger charge is 2.35. The first kappa shape index (κ1) is 22.5. The summed E-state index contributed by atoms with van der Waals surface area (Å²) >= 11 is 0. The van der Waals surface area contributed by atoms with Gasteiger partial charge in [0.2, 0.25) is 0 Å². The number of aryl methyl sites for hydroxylation is 1. The summed E-state index contributed by atoms with van der Waals surface area (Å²) in [5, 5.41) is 13.5. The number of rotatable bonds is 6. The molecular formula is C20H26FN3O5. The number of amides is 1. The predicted molar refractivity (Wildman–Crippen MR) is 103 cm³/mol. The van der Waals surface area contributed by atoms with Crippen molar-refractivity contribution in [3.63, 3.8) is 0 Å². The molecule has 3 rings (SSSR count). The molecule has 0 bridgehead atoms. The summed E-state index contributed by atoms with van der Waals surface area (Å²) in [5.74, 6) is 0.149. The molecule has 9 heteroatoms. The Labute approximate surface area is 168 Å². The van der Waals surface area contributed by atoms with Crippen molar-refractivity contribution < 1.29 is 28.3 Å². The van der Waals surface area contributed by atoms with Gasteiger partial charge in [0.25, 0.3) is 12.4 Å². The first-order valence-electron chi connectivity index (χ1n) is 9.23. The summed E-state index contributed by atoms with van der Waals surface area (Å²) in [4.78, 5) is 22.7. The molecule has 1 fully saturated rings. The molecule has 0 radical (unpaired) electrons. The summed E-state index contributed by atoms with van der Waals surface area (Å²) in [7, 11) is 1.67. The van der Waals surface area contributed by atoms with Gasteiger partial charge in [-0.05, 0) is 25.8 Å². The number of carbonyl (C=O) groups is 2. The van der Waals surface area contributed by atoms with Gasteiger partial charge in [0.05, 0.1) is 5.60 Å². The van der Waals surface area contributed by atoms with Crippen LogP contribution in [-0.4, -0.2) is 59.9 Å². The van der Waals surface area contributed by atoms with Gasteiger partial charge in [0.1, 0.15) is 11.6 Å². The van der Waals surface area contributed by atoms with E-state index in [1.54, 1.807) is 26.2 Å². The number of piperidine rings is 1. The van der Waals surface area contributed by atoms with E-state index in [9.17, 15) is 9.18 Å². The standard InChI is InChI=1S/C19H24FN3O3.CH2O2/c1-14-11-17(22-26-14)18(24)21-13-19(25-2)7-9-23(10-8-19)12-15-5-3-4-6-16(15)20;2-1-3/h3-6,11H,7-10,12-13H2,1-2H3,(H,21,24);1H,(H,2,3). The molecule has 0 saturated carbocycles. The third kappa shape index (κ3) is 6.37. The van der Waals surface area contributed by atoms with Gasteiger partial charge >= 0.3 is 0 Å². The first-order valence-corrected chi connectivity index (χ1v) is 9.23. The summed E-state index contributed by atoms with van der Waals surface area (Å²) in [6.45, 7) is 4.03. The van der Waals surface area contributed by atoms with Gasteiger partial charge in [-0.3, -0.25) is 14.5 Å². The van der Waals surface area contributed by atoms with E-state index in [0.29, 0.717) is 24.4 Å². The van der Waals surface area contributed by atoms with Crippen molar-refractivity contribution in [1.82, 2.24) is 15.4 Å². The van der Waals surface area contributed by atoms with Crippen molar-refractivity contribution in [3.8, 4) is 0 Å². The maximum absolute atomic E-state index is 13.8. The molecule has 1 aromatic heterocycles. The lowest BCUT2D eigenvalue weighted by atomic mass is 9.90. The Kier molecular flexibility index (Phi) is 8.29. The molecule has 0 atom stereocenters. The fourth-order valence-electron chi connectivity index (χ4n) is 3.24. The lowest BCUT2D eigenvalue weighted by Gasteiger charge is -2.41. The Morgan fingerprint density at radius 2 is 2.07 bits per heavy atom. The van der Waals surface area contributed by atoms with Crippen LogP contribution >= 0.6 is 0 Å². The van der Waals surface area contributed by atoms with Gasteiger partial charge in [-0.15, -0.1) is 0 Å². The summed E-state index contributed by atoms with van der Waals surface area (Å²) in [6, 6.07) is 8.45. The molecule has 29 heavy (non-hydrogen) atoms. The van der Waals surface area contributed by atoms with Crippen LogP contribution < -0.4 is 5.32 Å². The molecular weight excluding hydrogens is 381 g/mol. The number of carboxylic acid groups (broad SMARTS) is 1. The predicted octanol–water partition coefficient (Wildman–Crippen LogP) is 2.23. The van der Waals surface area contributed by atoms with E-state index in [1.165, 1.54) is 6.07 Å². The lowest BCUT2D eigenvalue weighted by Crippen LogP contribution is -2.51. The van der Waals surface area contributed by atoms with E-state index in [4.69, 9.17) is 19.2 Å². The molecule has 2 heterocycles. The number of nitrogens with zero attached hydrogens (tertiary/aromatic N) is 2. The second-order valence-corrected chi connectivity index (χ2v) is 6.87. The van der Waals surface area contributed by atoms with Crippen molar-refractivity contribution >= 4 is 12.4 Å². The zero-order chi connectivity index (χ0) is 21.3. The number of halogens is 1. The van der Waals surface area contributed by atoms with Crippen molar-refractivity contribution in [2.75, 3.05) is 26.7 Å². The highest BCUT2D eigenvalue weighted by atomic mass is 19.1. The number of ether oxygens (including phenoxy) is 1. The van der Waals surface area contributed by atoms with Crippen molar-refractivity contribution in [2.45, 2.75) is 31.9 Å². The Morgan fingerprint density at radius 1 is 1.41 bits per heavy atom. The number of aromatic nitrogens is 1. The van der Waals surface area contributed by atoms with E-state index in [2.05, 4.69) is 15.4 Å². The molecule has 0 aliphatic carbocycles. The summed E-state index contributed by atoms with van der Waals surface area (Å²) in [5.41, 5.74) is 0.554. The SMILES string of the molecule is COC1(CNC(=O)c2cc(C)on2)CCN(Cc2ccccc2F)CC1.O=CO. The van der Waals surface area contributed by atoms with Crippen LogP contribution in [0.25, 0.3) is 0 Å². The van der Waals surface area contributed by atoms with Gasteiger partial charge in [0, 0.05) is 44.9 Å². The van der Waals surface area contributed by atoms with Crippen LogP contribution in [0, 0.1) is 12.7 Å². The third-order valence-electron chi connectivity index (χ3n) is 4.98. The average Bonchev–Trinajstić information content (AvgIpc) is 3.16. The number of likely N-dealkylation sites (tertiary alicyclic amines) is 1. The molecule has 1 aliphatic heterocycles. The fourth-order valence-corrected chi connectivity index (χ4v) is 3.24. The molecule has 1 aromatic carbocycles. The lowest BCUT2D eigenvalue weighted by molar-refractivity contribution is -0.122. The van der Waals surface area contributed by atoms with E-state index in [0.717, 1.165) is 25.9 Å². The topological polar surface area (TPSA) is 105 Å². The van der Waals surface area contributed by atoms with Gasteiger partial charge in [-0.2, -0.15) is 0 Å². The Balaban J connectivity index is 0.000000941. The molecule has 8 nitrogen and oxygen atoms in total. The van der Waals surface area contributed by atoms with Crippen LogP contribution in [0.3, 0.4) is 0 Å². The van der Waals surface area contributed by atoms with Gasteiger partial charge in [0.15, 0.2) is 5.69 Å². The number of hydrogen-bond donors (Lipinski definition) is 2. The second kappa shape index (κ2) is 10.7. The van der Waals surface area contributed by atoms with Gasteiger partial charge in [-0.25, -0.2) is 4.39 Å². The van der Waals surface area contributed by atoms with Crippen LogP contribution in [0.15, 0.2) is 34.9 Å². The Bertz CT molecular complexity index is 803. The first-order chi connectivity index (χ1) is 13.9. The normalized spacial score (nSPS) is 15.8. The summed E-state index contributed by atoms with van der Waals surface area (Å²) < 4.78 is 24.5. The molecule has 2 aromatic rings. The Morgan fingerprint density at radius 3 is 2.62 bits per heavy atom. The van der Waals surface area contributed by atoms with Crippen molar-refractivity contribution in [1.29, 1.82) is 0 Å². The van der Waals surface area contributed by atoms with Crippen LogP contribution in [-0.2, 0) is 16.1 Å². The minimum atomic E-state index is -0.416. The van der Waals surface area contributed by atoms with Crippen LogP contribution in [0.5, 0.6) is 0 Å². The maximum atomic E-state index is 13.8. The number of carbonyl (C=O) groups excluding carboxylic acids is 1. The fraction of sp³-hybridized carbons (Fsp3) is 0.450. The average molecular weight is 407 g/mol. The number of hydrogen-bond acceptors (Lipinski definition) is 6. The zero-order valence-electron chi connectivity index (χ0n) is 16.6. The molecule has 0 spiro atoms. The van der Waals surface area contributed by atoms with Crippen molar-refractivity contribution in [3.05, 3.63) is 53.2 Å². The van der Waals surface area contributed by atoms with Crippen LogP contribution in [0.1, 0.15) is 34.7 Å². The quantitative estimate of drug-likeness (QED) is 0.708. The summed E-state index contributed by atoms with van der Waals surface area (Å²) in [6.07, 6.45) is 1.52. The van der Waals surface area contributed by atoms with E-state index >= 15 is 0 Å².